The SMILES string of the molecule is COc1nc(-c2ccc3nc(Nc4cc(CN5CCN(C(=O)CC(F)(F)F)CC5)ccn4)[nH]c3c2)cc(N(C)C)n1. The van der Waals surface area contributed by atoms with Crippen molar-refractivity contribution in [1.82, 2.24) is 34.7 Å². The number of aromatic nitrogens is 5. The Kier molecular flexibility index (Phi) is 7.92. The highest BCUT2D eigenvalue weighted by Gasteiger charge is 2.34. The number of hydrogen-bond acceptors (Lipinski definition) is 9. The van der Waals surface area contributed by atoms with Gasteiger partial charge in [0.2, 0.25) is 11.9 Å². The molecular weight excluding hydrogens is 539 g/mol. The number of amides is 1. The number of hydrogen-bond donors (Lipinski definition) is 2. The largest absolute Gasteiger partial charge is 0.467 e. The number of nitrogens with one attached hydrogen (secondary N) is 2. The Labute approximate surface area is 234 Å². The quantitative estimate of drug-likeness (QED) is 0.327. The number of piperazine rings is 1. The third-order valence-electron chi connectivity index (χ3n) is 6.66. The summed E-state index contributed by atoms with van der Waals surface area (Å²) in [7, 11) is 5.33. The third kappa shape index (κ3) is 7.01. The van der Waals surface area contributed by atoms with Gasteiger partial charge in [0.15, 0.2) is 0 Å². The minimum Gasteiger partial charge on any atom is -0.467 e. The Hall–Kier alpha value is -4.46. The lowest BCUT2D eigenvalue weighted by Gasteiger charge is -2.35. The number of methoxy groups -OCH3 is 1. The molecule has 4 aromatic rings. The van der Waals surface area contributed by atoms with E-state index in [1.165, 1.54) is 12.0 Å². The lowest BCUT2D eigenvalue weighted by Crippen LogP contribution is -2.49. The number of H-pyrrole nitrogens is 1. The molecule has 1 fully saturated rings. The van der Waals surface area contributed by atoms with E-state index in [1.807, 2.05) is 55.4 Å². The highest BCUT2D eigenvalue weighted by Crippen LogP contribution is 2.27. The van der Waals surface area contributed by atoms with Gasteiger partial charge in [-0.25, -0.2) is 9.97 Å². The number of rotatable bonds is 8. The number of benzene rings is 1. The molecule has 3 aromatic heterocycles. The molecule has 1 aromatic carbocycles. The zero-order valence-corrected chi connectivity index (χ0v) is 22.9. The van der Waals surface area contributed by atoms with Crippen LogP contribution in [0.25, 0.3) is 22.3 Å². The molecule has 4 heterocycles. The summed E-state index contributed by atoms with van der Waals surface area (Å²) < 4.78 is 42.9. The number of halogens is 3. The number of ether oxygens (including phenoxy) is 1. The monoisotopic (exact) mass is 569 g/mol. The first-order chi connectivity index (χ1) is 19.6. The van der Waals surface area contributed by atoms with Gasteiger partial charge in [0.1, 0.15) is 18.1 Å². The Morgan fingerprint density at radius 3 is 2.56 bits per heavy atom. The minimum atomic E-state index is -4.49. The van der Waals surface area contributed by atoms with Crippen molar-refractivity contribution >= 4 is 34.5 Å². The van der Waals surface area contributed by atoms with Crippen molar-refractivity contribution in [2.45, 2.75) is 19.1 Å². The van der Waals surface area contributed by atoms with Crippen molar-refractivity contribution < 1.29 is 22.7 Å². The molecule has 41 heavy (non-hydrogen) atoms. The predicted octanol–water partition coefficient (Wildman–Crippen LogP) is 3.83. The van der Waals surface area contributed by atoms with E-state index >= 15 is 0 Å². The Bertz CT molecular complexity index is 1530. The molecule has 1 amide bonds. The van der Waals surface area contributed by atoms with Crippen molar-refractivity contribution in [3.63, 3.8) is 0 Å². The zero-order valence-electron chi connectivity index (χ0n) is 22.9. The molecule has 0 bridgehead atoms. The van der Waals surface area contributed by atoms with Crippen molar-refractivity contribution in [2.24, 2.45) is 0 Å². The van der Waals surface area contributed by atoms with Gasteiger partial charge in [0.25, 0.3) is 0 Å². The van der Waals surface area contributed by atoms with Gasteiger partial charge >= 0.3 is 12.2 Å². The van der Waals surface area contributed by atoms with Crippen LogP contribution in [0, 0.1) is 0 Å². The number of carbonyl (C=O) groups is 1. The van der Waals surface area contributed by atoms with Gasteiger partial charge in [-0.1, -0.05) is 6.07 Å². The van der Waals surface area contributed by atoms with Crippen LogP contribution in [0.2, 0.25) is 0 Å². The number of nitrogens with zero attached hydrogens (tertiary/aromatic N) is 7. The standard InChI is InChI=1S/C27H30F3N9O2/c1-37(2)23-14-20(34-26(36-23)41-3)18-4-5-19-21(13-18)33-25(32-19)35-22-12-17(6-7-31-22)16-38-8-10-39(11-9-38)24(40)15-27(28,29)30/h4-7,12-14H,8-11,15-16H2,1-3H3,(H2,31,32,33,35). The zero-order chi connectivity index (χ0) is 29.1. The van der Waals surface area contributed by atoms with E-state index in [2.05, 4.69) is 35.1 Å². The first-order valence-corrected chi connectivity index (χ1v) is 13.0. The van der Waals surface area contributed by atoms with E-state index in [9.17, 15) is 18.0 Å². The van der Waals surface area contributed by atoms with Crippen LogP contribution >= 0.6 is 0 Å². The first-order valence-electron chi connectivity index (χ1n) is 13.0. The number of pyridine rings is 1. The summed E-state index contributed by atoms with van der Waals surface area (Å²) in [5, 5.41) is 3.21. The number of imidazole rings is 1. The van der Waals surface area contributed by atoms with Crippen LogP contribution in [0.3, 0.4) is 0 Å². The van der Waals surface area contributed by atoms with Crippen LogP contribution in [-0.2, 0) is 11.3 Å². The van der Waals surface area contributed by atoms with Crippen LogP contribution in [0.5, 0.6) is 6.01 Å². The maximum Gasteiger partial charge on any atom is 0.397 e. The summed E-state index contributed by atoms with van der Waals surface area (Å²) in [6.45, 7) is 2.11. The molecule has 1 aliphatic rings. The fraction of sp³-hybridized carbons (Fsp3) is 0.370. The smallest absolute Gasteiger partial charge is 0.397 e. The molecule has 0 radical (unpaired) electrons. The lowest BCUT2D eigenvalue weighted by atomic mass is 10.1. The fourth-order valence-corrected chi connectivity index (χ4v) is 4.57. The molecule has 0 unspecified atom stereocenters. The van der Waals surface area contributed by atoms with Crippen LogP contribution in [0.15, 0.2) is 42.6 Å². The number of fused-ring (bicyclic) bond motifs is 1. The van der Waals surface area contributed by atoms with Gasteiger partial charge < -0.3 is 24.8 Å². The summed E-state index contributed by atoms with van der Waals surface area (Å²) >= 11 is 0. The van der Waals surface area contributed by atoms with E-state index in [-0.39, 0.29) is 19.1 Å². The average molecular weight is 570 g/mol. The second-order valence-electron chi connectivity index (χ2n) is 9.93. The van der Waals surface area contributed by atoms with Gasteiger partial charge in [0.05, 0.1) is 23.8 Å². The van der Waals surface area contributed by atoms with Gasteiger partial charge in [-0.15, -0.1) is 0 Å². The predicted molar refractivity (Wildman–Crippen MR) is 148 cm³/mol. The highest BCUT2D eigenvalue weighted by atomic mass is 19.4. The number of carbonyl (C=O) groups excluding carboxylic acids is 1. The molecular formula is C27H30F3N9O2. The number of alkyl halides is 3. The van der Waals surface area contributed by atoms with Crippen LogP contribution in [0.1, 0.15) is 12.0 Å². The number of aromatic amines is 1. The second kappa shape index (κ2) is 11.6. The van der Waals surface area contributed by atoms with Crippen LogP contribution < -0.4 is 15.0 Å². The van der Waals surface area contributed by atoms with Gasteiger partial charge in [-0.2, -0.15) is 23.1 Å². The molecule has 1 aliphatic heterocycles. The maximum absolute atomic E-state index is 12.5. The molecule has 0 atom stereocenters. The molecule has 0 spiro atoms. The molecule has 216 valence electrons. The Balaban J connectivity index is 1.24. The maximum atomic E-state index is 12.5. The molecule has 0 saturated carbocycles. The fourth-order valence-electron chi connectivity index (χ4n) is 4.57. The Morgan fingerprint density at radius 1 is 1.07 bits per heavy atom. The summed E-state index contributed by atoms with van der Waals surface area (Å²) in [4.78, 5) is 38.2. The van der Waals surface area contributed by atoms with Crippen LogP contribution in [0.4, 0.5) is 30.8 Å². The molecule has 14 heteroatoms. The molecule has 1 saturated heterocycles. The van der Waals surface area contributed by atoms with E-state index in [0.29, 0.717) is 37.1 Å². The molecule has 2 N–H and O–H groups in total. The minimum absolute atomic E-state index is 0.268. The molecule has 5 rings (SSSR count). The van der Waals surface area contributed by atoms with Crippen molar-refractivity contribution in [1.29, 1.82) is 0 Å². The van der Waals surface area contributed by atoms with Gasteiger partial charge in [-0.3, -0.25) is 9.69 Å². The molecule has 11 nitrogen and oxygen atoms in total. The third-order valence-corrected chi connectivity index (χ3v) is 6.66. The van der Waals surface area contributed by atoms with E-state index < -0.39 is 18.5 Å². The molecule has 0 aliphatic carbocycles. The first kappa shape index (κ1) is 28.1. The van der Waals surface area contributed by atoms with E-state index in [1.54, 1.807) is 6.20 Å². The summed E-state index contributed by atoms with van der Waals surface area (Å²) in [6, 6.07) is 11.7. The van der Waals surface area contributed by atoms with Gasteiger partial charge in [0, 0.05) is 64.6 Å². The normalized spacial score (nSPS) is 14.3. The van der Waals surface area contributed by atoms with Gasteiger partial charge in [-0.05, 0) is 29.8 Å². The second-order valence-corrected chi connectivity index (χ2v) is 9.93. The topological polar surface area (TPSA) is 115 Å². The summed E-state index contributed by atoms with van der Waals surface area (Å²) in [5.74, 6) is 0.965. The van der Waals surface area contributed by atoms with E-state index in [0.717, 1.165) is 28.0 Å². The summed E-state index contributed by atoms with van der Waals surface area (Å²) in [6.07, 6.45) is -4.22. The summed E-state index contributed by atoms with van der Waals surface area (Å²) in [5.41, 5.74) is 4.14. The van der Waals surface area contributed by atoms with Crippen molar-refractivity contribution in [3.05, 3.63) is 48.2 Å². The Morgan fingerprint density at radius 2 is 1.85 bits per heavy atom. The van der Waals surface area contributed by atoms with Crippen LogP contribution in [-0.4, -0.2) is 94.2 Å². The highest BCUT2D eigenvalue weighted by molar-refractivity contribution is 5.83. The van der Waals surface area contributed by atoms with Crippen molar-refractivity contribution in [3.8, 4) is 17.3 Å². The lowest BCUT2D eigenvalue weighted by molar-refractivity contribution is -0.162. The number of anilines is 3. The van der Waals surface area contributed by atoms with Crippen molar-refractivity contribution in [2.75, 3.05) is 57.6 Å². The average Bonchev–Trinajstić information content (AvgIpc) is 3.33. The van der Waals surface area contributed by atoms with E-state index in [4.69, 9.17) is 4.74 Å².